The number of aromatic nitrogens is 1. The SMILES string of the molecule is CSN1CCc2cc(OCC3CC3)c(-c3cn(C)c(=O)c4ccccc34)cc21. The van der Waals surface area contributed by atoms with E-state index in [1.807, 2.05) is 37.5 Å². The summed E-state index contributed by atoms with van der Waals surface area (Å²) in [5.41, 5.74) is 4.77. The highest BCUT2D eigenvalue weighted by atomic mass is 32.2. The van der Waals surface area contributed by atoms with Crippen LogP contribution in [0.2, 0.25) is 0 Å². The van der Waals surface area contributed by atoms with Gasteiger partial charge in [-0.1, -0.05) is 30.1 Å². The number of aryl methyl sites for hydroxylation is 1. The summed E-state index contributed by atoms with van der Waals surface area (Å²) in [6.07, 6.45) is 7.65. The fourth-order valence-corrected chi connectivity index (χ4v) is 4.67. The van der Waals surface area contributed by atoms with Crippen LogP contribution >= 0.6 is 11.9 Å². The molecule has 0 spiro atoms. The molecule has 1 aliphatic heterocycles. The second kappa shape index (κ2) is 6.89. The molecule has 0 saturated heterocycles. The first kappa shape index (κ1) is 17.7. The Kier molecular flexibility index (Phi) is 4.35. The van der Waals surface area contributed by atoms with E-state index in [0.29, 0.717) is 5.92 Å². The van der Waals surface area contributed by atoms with Gasteiger partial charge in [0, 0.05) is 42.6 Å². The topological polar surface area (TPSA) is 34.5 Å². The molecule has 3 aromatic rings. The van der Waals surface area contributed by atoms with Gasteiger partial charge < -0.3 is 13.6 Å². The number of hydrogen-bond donors (Lipinski definition) is 0. The van der Waals surface area contributed by atoms with E-state index >= 15 is 0 Å². The molecule has 5 heteroatoms. The molecule has 2 heterocycles. The molecule has 0 amide bonds. The highest BCUT2D eigenvalue weighted by molar-refractivity contribution is 8.00. The Morgan fingerprint density at radius 1 is 1.14 bits per heavy atom. The fourth-order valence-electron chi connectivity index (χ4n) is 4.03. The Balaban J connectivity index is 1.73. The third-order valence-corrected chi connectivity index (χ3v) is 6.63. The molecule has 0 atom stereocenters. The molecular weight excluding hydrogens is 368 g/mol. The van der Waals surface area contributed by atoms with Crippen LogP contribution < -0.4 is 14.6 Å². The van der Waals surface area contributed by atoms with Crippen molar-refractivity contribution in [2.45, 2.75) is 19.3 Å². The molecular formula is C23H24N2O2S. The van der Waals surface area contributed by atoms with Gasteiger partial charge in [0.05, 0.1) is 12.3 Å². The maximum Gasteiger partial charge on any atom is 0.258 e. The predicted molar refractivity (Wildman–Crippen MR) is 117 cm³/mol. The number of hydrogen-bond acceptors (Lipinski definition) is 4. The molecule has 28 heavy (non-hydrogen) atoms. The third kappa shape index (κ3) is 2.98. The van der Waals surface area contributed by atoms with Crippen LogP contribution in [-0.4, -0.2) is 24.0 Å². The van der Waals surface area contributed by atoms with Crippen molar-refractivity contribution < 1.29 is 4.74 Å². The minimum absolute atomic E-state index is 0.0340. The van der Waals surface area contributed by atoms with Gasteiger partial charge in [0.1, 0.15) is 5.75 Å². The van der Waals surface area contributed by atoms with E-state index in [9.17, 15) is 4.79 Å². The van der Waals surface area contributed by atoms with E-state index in [1.54, 1.807) is 16.5 Å². The second-order valence-electron chi connectivity index (χ2n) is 7.77. The zero-order chi connectivity index (χ0) is 19.3. The van der Waals surface area contributed by atoms with Gasteiger partial charge in [-0.05, 0) is 54.3 Å². The summed E-state index contributed by atoms with van der Waals surface area (Å²) >= 11 is 1.76. The standard InChI is InChI=1S/C23H24N2O2S/c1-24-13-20(17-5-3-4-6-18(17)23(24)26)19-12-21-16(9-10-25(21)28-2)11-22(19)27-14-15-7-8-15/h3-6,11-13,15H,7-10,14H2,1-2H3. The van der Waals surface area contributed by atoms with E-state index in [-0.39, 0.29) is 5.56 Å². The maximum atomic E-state index is 12.6. The van der Waals surface area contributed by atoms with E-state index in [4.69, 9.17) is 4.74 Å². The number of anilines is 1. The maximum absolute atomic E-state index is 12.6. The van der Waals surface area contributed by atoms with Crippen LogP contribution in [0.4, 0.5) is 5.69 Å². The molecule has 0 N–H and O–H groups in total. The van der Waals surface area contributed by atoms with E-state index in [0.717, 1.165) is 47.2 Å². The second-order valence-corrected chi connectivity index (χ2v) is 8.58. The van der Waals surface area contributed by atoms with Crippen molar-refractivity contribution >= 4 is 28.4 Å². The van der Waals surface area contributed by atoms with Crippen LogP contribution in [-0.2, 0) is 13.5 Å². The van der Waals surface area contributed by atoms with Gasteiger partial charge in [-0.25, -0.2) is 0 Å². The molecule has 5 rings (SSSR count). The smallest absolute Gasteiger partial charge is 0.258 e. The zero-order valence-electron chi connectivity index (χ0n) is 16.3. The van der Waals surface area contributed by atoms with Crippen LogP contribution in [0.5, 0.6) is 5.75 Å². The molecule has 1 fully saturated rings. The van der Waals surface area contributed by atoms with E-state index < -0.39 is 0 Å². The number of rotatable bonds is 5. The van der Waals surface area contributed by atoms with E-state index in [1.165, 1.54) is 24.1 Å². The normalized spacial score (nSPS) is 15.9. The number of nitrogens with zero attached hydrogens (tertiary/aromatic N) is 2. The minimum Gasteiger partial charge on any atom is -0.493 e. The van der Waals surface area contributed by atoms with Crippen LogP contribution in [0, 0.1) is 5.92 Å². The molecule has 1 aliphatic carbocycles. The summed E-state index contributed by atoms with van der Waals surface area (Å²) in [7, 11) is 1.82. The lowest BCUT2D eigenvalue weighted by Crippen LogP contribution is -2.16. The minimum atomic E-state index is 0.0340. The summed E-state index contributed by atoms with van der Waals surface area (Å²) in [4.78, 5) is 12.6. The van der Waals surface area contributed by atoms with Gasteiger partial charge in [0.2, 0.25) is 0 Å². The van der Waals surface area contributed by atoms with E-state index in [2.05, 4.69) is 22.7 Å². The molecule has 0 unspecified atom stereocenters. The Bertz CT molecular complexity index is 1120. The molecule has 2 aliphatic rings. The first-order valence-electron chi connectivity index (χ1n) is 9.86. The average Bonchev–Trinajstić information content (AvgIpc) is 3.47. The molecule has 0 radical (unpaired) electrons. The first-order valence-corrected chi connectivity index (χ1v) is 11.0. The van der Waals surface area contributed by atoms with Crippen molar-refractivity contribution in [3.8, 4) is 16.9 Å². The molecule has 1 aromatic heterocycles. The van der Waals surface area contributed by atoms with Crippen molar-refractivity contribution in [2.75, 3.05) is 23.7 Å². The highest BCUT2D eigenvalue weighted by Gasteiger charge is 2.26. The predicted octanol–water partition coefficient (Wildman–Crippen LogP) is 4.63. The molecule has 144 valence electrons. The molecule has 4 nitrogen and oxygen atoms in total. The van der Waals surface area contributed by atoms with Crippen LogP contribution in [0.15, 0.2) is 47.4 Å². The van der Waals surface area contributed by atoms with Gasteiger partial charge in [-0.15, -0.1) is 0 Å². The fraction of sp³-hybridized carbons (Fsp3) is 0.348. The monoisotopic (exact) mass is 392 g/mol. The Hall–Kier alpha value is -2.40. The molecule has 2 aromatic carbocycles. The van der Waals surface area contributed by atoms with Gasteiger partial charge in [-0.2, -0.15) is 0 Å². The Labute approximate surface area is 169 Å². The van der Waals surface area contributed by atoms with Crippen molar-refractivity contribution in [3.63, 3.8) is 0 Å². The number of fused-ring (bicyclic) bond motifs is 2. The summed E-state index contributed by atoms with van der Waals surface area (Å²) < 4.78 is 10.3. The van der Waals surface area contributed by atoms with Crippen molar-refractivity contribution in [3.05, 3.63) is 58.5 Å². The quantitative estimate of drug-likeness (QED) is 0.593. The van der Waals surface area contributed by atoms with Gasteiger partial charge in [-0.3, -0.25) is 4.79 Å². The van der Waals surface area contributed by atoms with Crippen molar-refractivity contribution in [1.82, 2.24) is 4.57 Å². The lowest BCUT2D eigenvalue weighted by molar-refractivity contribution is 0.301. The molecule has 1 saturated carbocycles. The van der Waals surface area contributed by atoms with Gasteiger partial charge in [0.15, 0.2) is 0 Å². The lowest BCUT2D eigenvalue weighted by Gasteiger charge is -2.19. The molecule has 0 bridgehead atoms. The number of pyridine rings is 1. The number of ether oxygens (including phenoxy) is 1. The lowest BCUT2D eigenvalue weighted by atomic mass is 9.97. The average molecular weight is 393 g/mol. The zero-order valence-corrected chi connectivity index (χ0v) is 17.1. The highest BCUT2D eigenvalue weighted by Crippen LogP contribution is 2.43. The Morgan fingerprint density at radius 2 is 1.93 bits per heavy atom. The first-order chi connectivity index (χ1) is 13.7. The Morgan fingerprint density at radius 3 is 2.68 bits per heavy atom. The summed E-state index contributed by atoms with van der Waals surface area (Å²) in [5.74, 6) is 1.64. The van der Waals surface area contributed by atoms with Crippen molar-refractivity contribution in [2.24, 2.45) is 13.0 Å². The summed E-state index contributed by atoms with van der Waals surface area (Å²) in [5, 5.41) is 1.73. The van der Waals surface area contributed by atoms with Crippen LogP contribution in [0.3, 0.4) is 0 Å². The number of benzene rings is 2. The van der Waals surface area contributed by atoms with Crippen LogP contribution in [0.1, 0.15) is 18.4 Å². The van der Waals surface area contributed by atoms with Crippen LogP contribution in [0.25, 0.3) is 21.9 Å². The summed E-state index contributed by atoms with van der Waals surface area (Å²) in [6, 6.07) is 12.4. The van der Waals surface area contributed by atoms with Gasteiger partial charge in [0.25, 0.3) is 5.56 Å². The van der Waals surface area contributed by atoms with Gasteiger partial charge >= 0.3 is 0 Å². The third-order valence-electron chi connectivity index (χ3n) is 5.81. The summed E-state index contributed by atoms with van der Waals surface area (Å²) in [6.45, 7) is 1.80. The largest absolute Gasteiger partial charge is 0.493 e. The van der Waals surface area contributed by atoms with Crippen molar-refractivity contribution in [1.29, 1.82) is 0 Å².